The van der Waals surface area contributed by atoms with E-state index in [1.54, 1.807) is 0 Å². The third-order valence-electron chi connectivity index (χ3n) is 4.56. The molecule has 0 saturated heterocycles. The van der Waals surface area contributed by atoms with E-state index in [1.807, 2.05) is 0 Å². The minimum absolute atomic E-state index is 0.157. The van der Waals surface area contributed by atoms with Gasteiger partial charge in [0.2, 0.25) is 0 Å². The SMILES string of the molecule is CC(C)[C@H]1C[C@](CN)(CC(=O)O)C[C@H]1C(C)C. The second kappa shape index (κ2) is 5.38. The van der Waals surface area contributed by atoms with Crippen molar-refractivity contribution in [1.82, 2.24) is 0 Å². The Bertz CT molecular complexity index is 257. The Kier molecular flexibility index (Phi) is 4.59. The van der Waals surface area contributed by atoms with E-state index in [-0.39, 0.29) is 11.8 Å². The summed E-state index contributed by atoms with van der Waals surface area (Å²) in [5, 5.41) is 9.06. The molecule has 0 aromatic carbocycles. The maximum absolute atomic E-state index is 11.0. The molecular formula is C14H27NO2. The minimum atomic E-state index is -0.706. The molecule has 3 N–H and O–H groups in total. The average molecular weight is 241 g/mol. The molecule has 3 heteroatoms. The van der Waals surface area contributed by atoms with Crippen LogP contribution >= 0.6 is 0 Å². The largest absolute Gasteiger partial charge is 0.481 e. The number of hydrogen-bond acceptors (Lipinski definition) is 2. The van der Waals surface area contributed by atoms with E-state index in [9.17, 15) is 4.79 Å². The Morgan fingerprint density at radius 2 is 1.65 bits per heavy atom. The number of carboxylic acids is 1. The Balaban J connectivity index is 2.88. The highest BCUT2D eigenvalue weighted by Crippen LogP contribution is 2.52. The summed E-state index contributed by atoms with van der Waals surface area (Å²) in [5.41, 5.74) is 5.72. The number of carboxylic acid groups (broad SMARTS) is 1. The third-order valence-corrected chi connectivity index (χ3v) is 4.56. The molecule has 0 spiro atoms. The molecule has 3 nitrogen and oxygen atoms in total. The van der Waals surface area contributed by atoms with Gasteiger partial charge in [-0.3, -0.25) is 4.79 Å². The number of nitrogens with two attached hydrogens (primary N) is 1. The lowest BCUT2D eigenvalue weighted by Gasteiger charge is -2.26. The summed E-state index contributed by atoms with van der Waals surface area (Å²) in [6, 6.07) is 0. The summed E-state index contributed by atoms with van der Waals surface area (Å²) >= 11 is 0. The molecule has 1 saturated carbocycles. The van der Waals surface area contributed by atoms with Crippen molar-refractivity contribution < 1.29 is 9.90 Å². The van der Waals surface area contributed by atoms with Crippen LogP contribution in [0.5, 0.6) is 0 Å². The fraction of sp³-hybridized carbons (Fsp3) is 0.929. The van der Waals surface area contributed by atoms with Crippen molar-refractivity contribution in [3.8, 4) is 0 Å². The molecule has 0 bridgehead atoms. The number of carbonyl (C=O) groups is 1. The summed E-state index contributed by atoms with van der Waals surface area (Å²) in [5.74, 6) is 1.77. The van der Waals surface area contributed by atoms with Gasteiger partial charge < -0.3 is 10.8 Å². The van der Waals surface area contributed by atoms with E-state index in [1.165, 1.54) is 0 Å². The minimum Gasteiger partial charge on any atom is -0.481 e. The molecule has 17 heavy (non-hydrogen) atoms. The van der Waals surface area contributed by atoms with E-state index in [4.69, 9.17) is 10.8 Å². The van der Waals surface area contributed by atoms with Crippen LogP contribution in [0.2, 0.25) is 0 Å². The summed E-state index contributed by atoms with van der Waals surface area (Å²) in [6.07, 6.45) is 2.20. The second-order valence-corrected chi connectivity index (χ2v) is 6.50. The maximum atomic E-state index is 11.0. The van der Waals surface area contributed by atoms with Gasteiger partial charge in [0.15, 0.2) is 0 Å². The van der Waals surface area contributed by atoms with Crippen LogP contribution in [0.1, 0.15) is 47.0 Å². The van der Waals surface area contributed by atoms with Gasteiger partial charge in [-0.15, -0.1) is 0 Å². The Hall–Kier alpha value is -0.570. The summed E-state index contributed by atoms with van der Waals surface area (Å²) in [7, 11) is 0. The lowest BCUT2D eigenvalue weighted by Crippen LogP contribution is -2.31. The molecule has 1 aliphatic rings. The van der Waals surface area contributed by atoms with Crippen LogP contribution in [0, 0.1) is 29.1 Å². The van der Waals surface area contributed by atoms with Gasteiger partial charge in [-0.2, -0.15) is 0 Å². The smallest absolute Gasteiger partial charge is 0.303 e. The van der Waals surface area contributed by atoms with Gasteiger partial charge in [0.25, 0.3) is 0 Å². The summed E-state index contributed by atoms with van der Waals surface area (Å²) < 4.78 is 0. The van der Waals surface area contributed by atoms with Crippen molar-refractivity contribution in [3.63, 3.8) is 0 Å². The average Bonchev–Trinajstić information content (AvgIpc) is 2.57. The fourth-order valence-electron chi connectivity index (χ4n) is 3.55. The highest BCUT2D eigenvalue weighted by Gasteiger charge is 2.47. The van der Waals surface area contributed by atoms with Crippen LogP contribution in [0.4, 0.5) is 0 Å². The first-order valence-corrected chi connectivity index (χ1v) is 6.73. The molecule has 0 aliphatic heterocycles. The molecule has 1 rings (SSSR count). The summed E-state index contributed by atoms with van der Waals surface area (Å²) in [6.45, 7) is 9.48. The molecular weight excluding hydrogens is 214 g/mol. The normalized spacial score (nSPS) is 33.6. The van der Waals surface area contributed by atoms with E-state index in [2.05, 4.69) is 27.7 Å². The molecule has 0 aromatic rings. The zero-order valence-corrected chi connectivity index (χ0v) is 11.6. The van der Waals surface area contributed by atoms with Crippen molar-refractivity contribution >= 4 is 5.97 Å². The van der Waals surface area contributed by atoms with Crippen molar-refractivity contribution in [2.24, 2.45) is 34.8 Å². The first kappa shape index (κ1) is 14.5. The Morgan fingerprint density at radius 1 is 1.24 bits per heavy atom. The zero-order chi connectivity index (χ0) is 13.2. The van der Waals surface area contributed by atoms with Crippen molar-refractivity contribution in [1.29, 1.82) is 0 Å². The van der Waals surface area contributed by atoms with Gasteiger partial charge in [-0.05, 0) is 48.5 Å². The monoisotopic (exact) mass is 241 g/mol. The van der Waals surface area contributed by atoms with E-state index >= 15 is 0 Å². The highest BCUT2D eigenvalue weighted by molar-refractivity contribution is 5.67. The lowest BCUT2D eigenvalue weighted by atomic mass is 9.80. The van der Waals surface area contributed by atoms with Gasteiger partial charge in [-0.25, -0.2) is 0 Å². The van der Waals surface area contributed by atoms with Crippen LogP contribution in [-0.2, 0) is 4.79 Å². The van der Waals surface area contributed by atoms with Crippen LogP contribution in [0.15, 0.2) is 0 Å². The van der Waals surface area contributed by atoms with Gasteiger partial charge in [0.05, 0.1) is 6.42 Å². The van der Waals surface area contributed by atoms with Crippen LogP contribution in [0.25, 0.3) is 0 Å². The third kappa shape index (κ3) is 3.21. The molecule has 1 fully saturated rings. The molecule has 100 valence electrons. The number of aliphatic carboxylic acids is 1. The number of hydrogen-bond donors (Lipinski definition) is 2. The van der Waals surface area contributed by atoms with Crippen LogP contribution < -0.4 is 5.73 Å². The predicted molar refractivity (Wildman–Crippen MR) is 69.6 cm³/mol. The first-order valence-electron chi connectivity index (χ1n) is 6.73. The Morgan fingerprint density at radius 3 is 1.88 bits per heavy atom. The maximum Gasteiger partial charge on any atom is 0.303 e. The molecule has 0 radical (unpaired) electrons. The van der Waals surface area contributed by atoms with E-state index in [0.29, 0.717) is 30.2 Å². The summed E-state index contributed by atoms with van der Waals surface area (Å²) in [4.78, 5) is 11.0. The quantitative estimate of drug-likeness (QED) is 0.778. The van der Waals surface area contributed by atoms with Crippen LogP contribution in [0.3, 0.4) is 0 Å². The van der Waals surface area contributed by atoms with Gasteiger partial charge >= 0.3 is 5.97 Å². The first-order chi connectivity index (χ1) is 7.81. The molecule has 1 aliphatic carbocycles. The molecule has 0 amide bonds. The standard InChI is InChI=1S/C14H27NO2/c1-9(2)11-5-14(8-15,7-13(16)17)6-12(11)10(3)4/h9-12H,5-8,15H2,1-4H3,(H,16,17)/t11-,12+,14-. The van der Waals surface area contributed by atoms with E-state index < -0.39 is 5.97 Å². The Labute approximate surface area is 105 Å². The van der Waals surface area contributed by atoms with Gasteiger partial charge in [-0.1, -0.05) is 27.7 Å². The predicted octanol–water partition coefficient (Wildman–Crippen LogP) is 2.74. The topological polar surface area (TPSA) is 63.3 Å². The van der Waals surface area contributed by atoms with Crippen molar-refractivity contribution in [3.05, 3.63) is 0 Å². The van der Waals surface area contributed by atoms with Gasteiger partial charge in [0.1, 0.15) is 0 Å². The second-order valence-electron chi connectivity index (χ2n) is 6.50. The lowest BCUT2D eigenvalue weighted by molar-refractivity contribution is -0.139. The van der Waals surface area contributed by atoms with Gasteiger partial charge in [0, 0.05) is 0 Å². The zero-order valence-electron chi connectivity index (χ0n) is 11.6. The van der Waals surface area contributed by atoms with Crippen molar-refractivity contribution in [2.75, 3.05) is 6.54 Å². The van der Waals surface area contributed by atoms with Crippen LogP contribution in [-0.4, -0.2) is 17.6 Å². The fourth-order valence-corrected chi connectivity index (χ4v) is 3.55. The molecule has 0 unspecified atom stereocenters. The molecule has 0 heterocycles. The molecule has 0 aromatic heterocycles. The highest BCUT2D eigenvalue weighted by atomic mass is 16.4. The van der Waals surface area contributed by atoms with Crippen molar-refractivity contribution in [2.45, 2.75) is 47.0 Å². The molecule has 3 atom stereocenters. The number of rotatable bonds is 5. The van der Waals surface area contributed by atoms with E-state index in [0.717, 1.165) is 12.8 Å².